The fourth-order valence-electron chi connectivity index (χ4n) is 0. The van der Waals surface area contributed by atoms with Crippen molar-refractivity contribution in [1.82, 2.24) is 0 Å². The molecule has 0 radical (unpaired) electrons. The van der Waals surface area contributed by atoms with Crippen LogP contribution in [-0.2, 0) is 4.79 Å². The molecule has 0 aliphatic rings. The molecule has 2 heteroatoms. The molecule has 9 heavy (non-hydrogen) atoms. The number of Topliss-reactive ketones (excluding diaryl/α,β-unsaturated/α-hetero) is 1. The first-order valence-corrected chi connectivity index (χ1v) is 3.14. The van der Waals surface area contributed by atoms with E-state index in [0.29, 0.717) is 0 Å². The van der Waals surface area contributed by atoms with E-state index in [4.69, 9.17) is 0 Å². The maximum Gasteiger partial charge on any atom is 0.166 e. The number of alkyl halides is 1. The van der Waals surface area contributed by atoms with Crippen molar-refractivity contribution in [3.05, 3.63) is 0 Å². The van der Waals surface area contributed by atoms with E-state index >= 15 is 0 Å². The highest BCUT2D eigenvalue weighted by Gasteiger charge is 2.20. The predicted molar refractivity (Wildman–Crippen MR) is 37.2 cm³/mol. The quantitative estimate of drug-likeness (QED) is 0.538. The lowest BCUT2D eigenvalue weighted by atomic mass is 10.1. The molecule has 0 amide bonds. The summed E-state index contributed by atoms with van der Waals surface area (Å²) in [6.45, 7) is 7.73. The summed E-state index contributed by atoms with van der Waals surface area (Å²) in [5.41, 5.74) is -1.64. The number of rotatable bonds is 1. The van der Waals surface area contributed by atoms with Crippen LogP contribution in [0.2, 0.25) is 0 Å². The number of hydrogen-bond acceptors (Lipinski definition) is 1. The second-order valence-electron chi connectivity index (χ2n) is 2.03. The maximum absolute atomic E-state index is 12.2. The van der Waals surface area contributed by atoms with Crippen LogP contribution in [0.3, 0.4) is 0 Å². The Kier molecular flexibility index (Phi) is 5.67. The van der Waals surface area contributed by atoms with Gasteiger partial charge in [0.2, 0.25) is 0 Å². The third kappa shape index (κ3) is 7.60. The van der Waals surface area contributed by atoms with E-state index in [1.54, 1.807) is 0 Å². The Bertz CT molecular complexity index is 81.4. The van der Waals surface area contributed by atoms with Gasteiger partial charge in [-0.25, -0.2) is 4.39 Å². The van der Waals surface area contributed by atoms with Crippen molar-refractivity contribution in [2.45, 2.75) is 40.3 Å². The van der Waals surface area contributed by atoms with E-state index in [-0.39, 0.29) is 0 Å². The Balaban J connectivity index is 0. The predicted octanol–water partition coefficient (Wildman–Crippen LogP) is 2.35. The lowest BCUT2D eigenvalue weighted by Crippen LogP contribution is -2.22. The van der Waals surface area contributed by atoms with Crippen LogP contribution in [0, 0.1) is 0 Å². The van der Waals surface area contributed by atoms with Crippen molar-refractivity contribution in [3.8, 4) is 0 Å². The molecule has 0 unspecified atom stereocenters. The van der Waals surface area contributed by atoms with Crippen molar-refractivity contribution >= 4 is 5.78 Å². The second kappa shape index (κ2) is 4.48. The minimum Gasteiger partial charge on any atom is -0.296 e. The molecular weight excluding hydrogens is 119 g/mol. The maximum atomic E-state index is 12.2. The molecule has 0 heterocycles. The minimum atomic E-state index is -1.64. The molecule has 0 aromatic carbocycles. The van der Waals surface area contributed by atoms with Gasteiger partial charge < -0.3 is 0 Å². The van der Waals surface area contributed by atoms with Gasteiger partial charge in [-0.15, -0.1) is 0 Å². The van der Waals surface area contributed by atoms with Crippen LogP contribution >= 0.6 is 0 Å². The molecule has 0 aliphatic heterocycles. The number of halogens is 1. The summed E-state index contributed by atoms with van der Waals surface area (Å²) in [7, 11) is 0. The van der Waals surface area contributed by atoms with Crippen LogP contribution in [0.25, 0.3) is 0 Å². The summed E-state index contributed by atoms with van der Waals surface area (Å²) < 4.78 is 12.2. The zero-order chi connectivity index (χ0) is 8.08. The van der Waals surface area contributed by atoms with Gasteiger partial charge in [0.05, 0.1) is 0 Å². The van der Waals surface area contributed by atoms with Gasteiger partial charge in [-0.05, 0) is 20.8 Å². The minimum absolute atomic E-state index is 0.424. The summed E-state index contributed by atoms with van der Waals surface area (Å²) >= 11 is 0. The number of carbonyl (C=O) groups is 1. The first-order valence-electron chi connectivity index (χ1n) is 3.14. The molecule has 0 aromatic rings. The summed E-state index contributed by atoms with van der Waals surface area (Å²) in [4.78, 5) is 10.1. The topological polar surface area (TPSA) is 17.1 Å². The molecular formula is C7H15FO. The van der Waals surface area contributed by atoms with E-state index in [1.165, 1.54) is 20.8 Å². The van der Waals surface area contributed by atoms with Crippen molar-refractivity contribution in [1.29, 1.82) is 0 Å². The highest BCUT2D eigenvalue weighted by atomic mass is 19.1. The summed E-state index contributed by atoms with van der Waals surface area (Å²) in [5.74, 6) is -0.424. The van der Waals surface area contributed by atoms with Gasteiger partial charge in [-0.3, -0.25) is 4.79 Å². The zero-order valence-electron chi connectivity index (χ0n) is 6.79. The average molecular weight is 134 g/mol. The van der Waals surface area contributed by atoms with E-state index in [2.05, 4.69) is 0 Å². The van der Waals surface area contributed by atoms with Crippen molar-refractivity contribution in [2.75, 3.05) is 0 Å². The molecule has 0 saturated heterocycles. The summed E-state index contributed by atoms with van der Waals surface area (Å²) in [6.07, 6.45) is 0. The summed E-state index contributed by atoms with van der Waals surface area (Å²) in [6, 6.07) is 0. The van der Waals surface area contributed by atoms with Gasteiger partial charge >= 0.3 is 0 Å². The van der Waals surface area contributed by atoms with Crippen LogP contribution in [0.4, 0.5) is 4.39 Å². The van der Waals surface area contributed by atoms with Crippen molar-refractivity contribution < 1.29 is 9.18 Å². The van der Waals surface area contributed by atoms with Gasteiger partial charge in [0.1, 0.15) is 0 Å². The third-order valence-electron chi connectivity index (χ3n) is 0.837. The lowest BCUT2D eigenvalue weighted by molar-refractivity contribution is -0.126. The molecule has 0 aliphatic carbocycles. The van der Waals surface area contributed by atoms with Crippen LogP contribution in [-0.4, -0.2) is 11.5 Å². The normalized spacial score (nSPS) is 9.56. The molecule has 0 bridgehead atoms. The zero-order valence-corrected chi connectivity index (χ0v) is 6.79. The fraction of sp³-hybridized carbons (Fsp3) is 0.857. The highest BCUT2D eigenvalue weighted by molar-refractivity contribution is 5.83. The lowest BCUT2D eigenvalue weighted by Gasteiger charge is -2.06. The fourth-order valence-corrected chi connectivity index (χ4v) is 0. The molecule has 0 atom stereocenters. The van der Waals surface area contributed by atoms with Gasteiger partial charge in [-0.2, -0.15) is 0 Å². The van der Waals surface area contributed by atoms with E-state index < -0.39 is 11.5 Å². The van der Waals surface area contributed by atoms with Crippen molar-refractivity contribution in [2.24, 2.45) is 0 Å². The molecule has 0 aromatic heterocycles. The molecule has 0 rings (SSSR count). The SMILES string of the molecule is CC.CC(=O)C(C)(C)F. The highest BCUT2D eigenvalue weighted by Crippen LogP contribution is 2.07. The molecule has 0 fully saturated rings. The van der Waals surface area contributed by atoms with E-state index in [9.17, 15) is 9.18 Å². The molecule has 0 N–H and O–H groups in total. The first kappa shape index (κ1) is 11.4. The molecule has 0 saturated carbocycles. The number of carbonyl (C=O) groups excluding carboxylic acids is 1. The molecule has 0 spiro atoms. The van der Waals surface area contributed by atoms with Crippen LogP contribution < -0.4 is 0 Å². The average Bonchev–Trinajstić information content (AvgIpc) is 1.69. The Hall–Kier alpha value is -0.400. The van der Waals surface area contributed by atoms with Crippen LogP contribution in [0.1, 0.15) is 34.6 Å². The molecule has 1 nitrogen and oxygen atoms in total. The van der Waals surface area contributed by atoms with Gasteiger partial charge in [0.25, 0.3) is 0 Å². The second-order valence-corrected chi connectivity index (χ2v) is 2.03. The first-order chi connectivity index (χ1) is 3.94. The standard InChI is InChI=1S/C5H9FO.C2H6/c1-4(7)5(2,3)6;1-2/h1-3H3;1-2H3. The van der Waals surface area contributed by atoms with Gasteiger partial charge in [0, 0.05) is 0 Å². The Morgan fingerprint density at radius 2 is 1.44 bits per heavy atom. The number of ketones is 1. The van der Waals surface area contributed by atoms with Crippen LogP contribution in [0.5, 0.6) is 0 Å². The third-order valence-corrected chi connectivity index (χ3v) is 0.837. The Labute approximate surface area is 56.3 Å². The van der Waals surface area contributed by atoms with E-state index in [1.807, 2.05) is 13.8 Å². The van der Waals surface area contributed by atoms with Gasteiger partial charge in [0.15, 0.2) is 11.5 Å². The smallest absolute Gasteiger partial charge is 0.166 e. The molecule has 56 valence electrons. The largest absolute Gasteiger partial charge is 0.296 e. The van der Waals surface area contributed by atoms with Crippen molar-refractivity contribution in [3.63, 3.8) is 0 Å². The Morgan fingerprint density at radius 1 is 1.33 bits per heavy atom. The number of hydrogen-bond donors (Lipinski definition) is 0. The summed E-state index contributed by atoms with van der Waals surface area (Å²) in [5, 5.41) is 0. The van der Waals surface area contributed by atoms with Crippen LogP contribution in [0.15, 0.2) is 0 Å². The van der Waals surface area contributed by atoms with Gasteiger partial charge in [-0.1, -0.05) is 13.8 Å². The Morgan fingerprint density at radius 3 is 1.44 bits per heavy atom. The van der Waals surface area contributed by atoms with E-state index in [0.717, 1.165) is 0 Å². The monoisotopic (exact) mass is 134 g/mol.